The topological polar surface area (TPSA) is 38.1 Å². The van der Waals surface area contributed by atoms with Crippen LogP contribution in [-0.4, -0.2) is 21.0 Å². The van der Waals surface area contributed by atoms with E-state index in [1.807, 2.05) is 19.4 Å². The molecular weight excluding hydrogens is 200 g/mol. The molecular formula is C13H22N2O. The summed E-state index contributed by atoms with van der Waals surface area (Å²) in [6.45, 7) is 2.25. The summed E-state index contributed by atoms with van der Waals surface area (Å²) in [7, 11) is 1.92. The molecule has 0 saturated heterocycles. The van der Waals surface area contributed by atoms with Crippen LogP contribution in [-0.2, 0) is 13.5 Å². The van der Waals surface area contributed by atoms with Gasteiger partial charge in [-0.05, 0) is 30.2 Å². The lowest BCUT2D eigenvalue weighted by Crippen LogP contribution is -2.20. The lowest BCUT2D eigenvalue weighted by molar-refractivity contribution is 0.108. The van der Waals surface area contributed by atoms with Crippen LogP contribution >= 0.6 is 0 Å². The molecule has 0 radical (unpaired) electrons. The highest BCUT2D eigenvalue weighted by molar-refractivity contribution is 5.05. The lowest BCUT2D eigenvalue weighted by Gasteiger charge is -2.17. The van der Waals surface area contributed by atoms with E-state index < -0.39 is 0 Å². The Morgan fingerprint density at radius 2 is 2.38 bits per heavy atom. The molecule has 0 aliphatic heterocycles. The zero-order valence-electron chi connectivity index (χ0n) is 10.3. The summed E-state index contributed by atoms with van der Waals surface area (Å²) >= 11 is 0. The number of aryl methyl sites for hydroxylation is 1. The average molecular weight is 222 g/mol. The first kappa shape index (κ1) is 11.6. The standard InChI is InChI=1S/C13H22N2O/c1-3-10-4-5-12(6-10)13(16)7-11-8-14-15(2)9-11/h8-10,12-13,16H,3-7H2,1-2H3. The molecule has 0 spiro atoms. The number of aromatic nitrogens is 2. The van der Waals surface area contributed by atoms with Crippen molar-refractivity contribution in [3.8, 4) is 0 Å². The molecule has 0 amide bonds. The van der Waals surface area contributed by atoms with Crippen LogP contribution in [0.2, 0.25) is 0 Å². The highest BCUT2D eigenvalue weighted by Crippen LogP contribution is 2.35. The Bertz CT molecular complexity index is 334. The van der Waals surface area contributed by atoms with Crippen molar-refractivity contribution in [2.75, 3.05) is 0 Å². The van der Waals surface area contributed by atoms with E-state index in [0.29, 0.717) is 5.92 Å². The fourth-order valence-corrected chi connectivity index (χ4v) is 2.82. The SMILES string of the molecule is CCC1CCC(C(O)Cc2cnn(C)c2)C1. The van der Waals surface area contributed by atoms with Crippen LogP contribution in [0.3, 0.4) is 0 Å². The lowest BCUT2D eigenvalue weighted by atomic mass is 9.94. The Balaban J connectivity index is 1.86. The quantitative estimate of drug-likeness (QED) is 0.847. The first-order valence-electron chi connectivity index (χ1n) is 6.34. The second-order valence-corrected chi connectivity index (χ2v) is 5.14. The number of hydrogen-bond donors (Lipinski definition) is 1. The van der Waals surface area contributed by atoms with Gasteiger partial charge < -0.3 is 5.11 Å². The van der Waals surface area contributed by atoms with Gasteiger partial charge in [0, 0.05) is 19.7 Å². The van der Waals surface area contributed by atoms with E-state index in [1.54, 1.807) is 4.68 Å². The minimum atomic E-state index is -0.180. The summed E-state index contributed by atoms with van der Waals surface area (Å²) in [6.07, 6.45) is 9.39. The highest BCUT2D eigenvalue weighted by Gasteiger charge is 2.28. The van der Waals surface area contributed by atoms with E-state index in [0.717, 1.165) is 17.9 Å². The van der Waals surface area contributed by atoms with Crippen molar-refractivity contribution < 1.29 is 5.11 Å². The molecule has 3 unspecified atom stereocenters. The van der Waals surface area contributed by atoms with Crippen LogP contribution < -0.4 is 0 Å². The molecule has 2 rings (SSSR count). The molecule has 1 aliphatic carbocycles. The first-order chi connectivity index (χ1) is 7.69. The number of aliphatic hydroxyl groups is 1. The van der Waals surface area contributed by atoms with Gasteiger partial charge >= 0.3 is 0 Å². The Kier molecular flexibility index (Phi) is 3.64. The van der Waals surface area contributed by atoms with Gasteiger partial charge in [0.2, 0.25) is 0 Å². The van der Waals surface area contributed by atoms with Crippen LogP contribution in [0.15, 0.2) is 12.4 Å². The normalized spacial score (nSPS) is 27.2. The number of rotatable bonds is 4. The van der Waals surface area contributed by atoms with Gasteiger partial charge in [-0.15, -0.1) is 0 Å². The van der Waals surface area contributed by atoms with Crippen molar-refractivity contribution in [1.29, 1.82) is 0 Å². The van der Waals surface area contributed by atoms with E-state index in [1.165, 1.54) is 25.7 Å². The van der Waals surface area contributed by atoms with Crippen LogP contribution in [0.4, 0.5) is 0 Å². The maximum absolute atomic E-state index is 10.2. The maximum Gasteiger partial charge on any atom is 0.0609 e. The monoisotopic (exact) mass is 222 g/mol. The molecule has 1 aliphatic rings. The Morgan fingerprint density at radius 1 is 1.56 bits per heavy atom. The fraction of sp³-hybridized carbons (Fsp3) is 0.769. The molecule has 1 aromatic rings. The zero-order valence-corrected chi connectivity index (χ0v) is 10.3. The molecule has 3 atom stereocenters. The van der Waals surface area contributed by atoms with Gasteiger partial charge in [-0.1, -0.05) is 19.8 Å². The van der Waals surface area contributed by atoms with Gasteiger partial charge in [-0.2, -0.15) is 5.10 Å². The number of hydrogen-bond acceptors (Lipinski definition) is 2. The van der Waals surface area contributed by atoms with Gasteiger partial charge in [-0.3, -0.25) is 4.68 Å². The van der Waals surface area contributed by atoms with Gasteiger partial charge in [-0.25, -0.2) is 0 Å². The molecule has 90 valence electrons. The average Bonchev–Trinajstić information content (AvgIpc) is 2.87. The van der Waals surface area contributed by atoms with Crippen LogP contribution in [0.5, 0.6) is 0 Å². The summed E-state index contributed by atoms with van der Waals surface area (Å²) in [4.78, 5) is 0. The minimum Gasteiger partial charge on any atom is -0.392 e. The molecule has 0 bridgehead atoms. The largest absolute Gasteiger partial charge is 0.392 e. The fourth-order valence-electron chi connectivity index (χ4n) is 2.82. The third-order valence-corrected chi connectivity index (χ3v) is 3.91. The van der Waals surface area contributed by atoms with Crippen molar-refractivity contribution >= 4 is 0 Å². The van der Waals surface area contributed by atoms with Crippen molar-refractivity contribution in [2.24, 2.45) is 18.9 Å². The molecule has 0 aromatic carbocycles. The van der Waals surface area contributed by atoms with Crippen molar-refractivity contribution in [1.82, 2.24) is 9.78 Å². The predicted octanol–water partition coefficient (Wildman–Crippen LogP) is 2.15. The summed E-state index contributed by atoms with van der Waals surface area (Å²) < 4.78 is 1.80. The van der Waals surface area contributed by atoms with E-state index in [4.69, 9.17) is 0 Å². The zero-order chi connectivity index (χ0) is 11.5. The van der Waals surface area contributed by atoms with Gasteiger partial charge in [0.05, 0.1) is 12.3 Å². The number of nitrogens with zero attached hydrogens (tertiary/aromatic N) is 2. The predicted molar refractivity (Wildman–Crippen MR) is 64.0 cm³/mol. The smallest absolute Gasteiger partial charge is 0.0609 e. The molecule has 1 aromatic heterocycles. The Labute approximate surface area is 97.5 Å². The second-order valence-electron chi connectivity index (χ2n) is 5.14. The second kappa shape index (κ2) is 5.00. The van der Waals surface area contributed by atoms with Crippen LogP contribution in [0, 0.1) is 11.8 Å². The summed E-state index contributed by atoms with van der Waals surface area (Å²) in [5.41, 5.74) is 1.15. The molecule has 1 N–H and O–H groups in total. The molecule has 16 heavy (non-hydrogen) atoms. The van der Waals surface area contributed by atoms with Crippen molar-refractivity contribution in [3.63, 3.8) is 0 Å². The van der Waals surface area contributed by atoms with E-state index >= 15 is 0 Å². The summed E-state index contributed by atoms with van der Waals surface area (Å²) in [5.74, 6) is 1.35. The molecule has 3 heteroatoms. The highest BCUT2D eigenvalue weighted by atomic mass is 16.3. The van der Waals surface area contributed by atoms with Gasteiger partial charge in [0.25, 0.3) is 0 Å². The summed E-state index contributed by atoms with van der Waals surface area (Å²) in [5, 5.41) is 14.3. The minimum absolute atomic E-state index is 0.180. The first-order valence-corrected chi connectivity index (χ1v) is 6.34. The van der Waals surface area contributed by atoms with E-state index in [9.17, 15) is 5.11 Å². The Morgan fingerprint density at radius 3 is 2.94 bits per heavy atom. The van der Waals surface area contributed by atoms with E-state index in [2.05, 4.69) is 12.0 Å². The van der Waals surface area contributed by atoms with Gasteiger partial charge in [0.1, 0.15) is 0 Å². The third-order valence-electron chi connectivity index (χ3n) is 3.91. The van der Waals surface area contributed by atoms with Crippen LogP contribution in [0.25, 0.3) is 0 Å². The number of aliphatic hydroxyl groups excluding tert-OH is 1. The summed E-state index contributed by atoms with van der Waals surface area (Å²) in [6, 6.07) is 0. The van der Waals surface area contributed by atoms with Crippen molar-refractivity contribution in [2.45, 2.75) is 45.1 Å². The maximum atomic E-state index is 10.2. The third kappa shape index (κ3) is 2.64. The Hall–Kier alpha value is -0.830. The van der Waals surface area contributed by atoms with Crippen molar-refractivity contribution in [3.05, 3.63) is 18.0 Å². The van der Waals surface area contributed by atoms with E-state index in [-0.39, 0.29) is 6.10 Å². The molecule has 3 nitrogen and oxygen atoms in total. The molecule has 1 fully saturated rings. The molecule has 1 heterocycles. The molecule has 1 saturated carbocycles. The van der Waals surface area contributed by atoms with Crippen LogP contribution in [0.1, 0.15) is 38.2 Å². The van der Waals surface area contributed by atoms with Gasteiger partial charge in [0.15, 0.2) is 0 Å².